The third-order valence-electron chi connectivity index (χ3n) is 3.85. The number of benzene rings is 1. The highest BCUT2D eigenvalue weighted by molar-refractivity contribution is 5.83. The van der Waals surface area contributed by atoms with Crippen molar-refractivity contribution in [2.24, 2.45) is 0 Å². The Morgan fingerprint density at radius 3 is 3.10 bits per heavy atom. The third-order valence-corrected chi connectivity index (χ3v) is 3.85. The molecule has 3 aromatic heterocycles. The number of H-pyrrole nitrogens is 1. The van der Waals surface area contributed by atoms with Gasteiger partial charge in [-0.3, -0.25) is 0 Å². The van der Waals surface area contributed by atoms with E-state index in [1.54, 1.807) is 0 Å². The minimum atomic E-state index is 0.905. The van der Waals surface area contributed by atoms with Crippen molar-refractivity contribution in [2.45, 2.75) is 13.3 Å². The van der Waals surface area contributed by atoms with E-state index in [-0.39, 0.29) is 0 Å². The van der Waals surface area contributed by atoms with E-state index in [9.17, 15) is 0 Å². The number of aryl methyl sites for hydroxylation is 1. The van der Waals surface area contributed by atoms with Crippen molar-refractivity contribution in [3.63, 3.8) is 0 Å². The van der Waals surface area contributed by atoms with Gasteiger partial charge in [0.25, 0.3) is 0 Å². The maximum Gasteiger partial charge on any atom is 0.140 e. The number of fused-ring (bicyclic) bond motifs is 2. The molecule has 0 unspecified atom stereocenters. The van der Waals surface area contributed by atoms with E-state index in [4.69, 9.17) is 0 Å². The Morgan fingerprint density at radius 2 is 2.15 bits per heavy atom. The number of nitrogens with one attached hydrogen (secondary N) is 1. The number of imidazole rings is 1. The molecule has 0 aliphatic carbocycles. The second kappa shape index (κ2) is 4.23. The van der Waals surface area contributed by atoms with Crippen LogP contribution in [0.3, 0.4) is 0 Å². The van der Waals surface area contributed by atoms with E-state index in [1.165, 1.54) is 27.6 Å². The van der Waals surface area contributed by atoms with E-state index >= 15 is 0 Å². The first kappa shape index (κ1) is 11.3. The van der Waals surface area contributed by atoms with Crippen LogP contribution in [-0.2, 0) is 6.42 Å². The quantitative estimate of drug-likeness (QED) is 0.586. The largest absolute Gasteiger partial charge is 0.361 e. The number of aromatic nitrogens is 3. The zero-order valence-corrected chi connectivity index (χ0v) is 11.3. The minimum Gasteiger partial charge on any atom is -0.361 e. The van der Waals surface area contributed by atoms with E-state index < -0.39 is 0 Å². The number of nitrogens with zero attached hydrogens (tertiary/aromatic N) is 2. The van der Waals surface area contributed by atoms with Crippen molar-refractivity contribution in [3.05, 3.63) is 71.8 Å². The van der Waals surface area contributed by atoms with Gasteiger partial charge in [-0.05, 0) is 41.8 Å². The molecule has 20 heavy (non-hydrogen) atoms. The van der Waals surface area contributed by atoms with Gasteiger partial charge in [-0.15, -0.1) is 0 Å². The Labute approximate surface area is 116 Å². The molecule has 0 radical (unpaired) electrons. The normalized spacial score (nSPS) is 11.4. The molecular formula is C17H15N3. The first-order valence-corrected chi connectivity index (χ1v) is 6.78. The molecule has 0 saturated carbocycles. The van der Waals surface area contributed by atoms with Crippen molar-refractivity contribution in [1.82, 2.24) is 14.4 Å². The molecule has 3 nitrogen and oxygen atoms in total. The molecule has 0 fully saturated rings. The topological polar surface area (TPSA) is 33.1 Å². The monoisotopic (exact) mass is 261 g/mol. The Bertz CT molecular complexity index is 899. The highest BCUT2D eigenvalue weighted by Gasteiger charge is 2.05. The molecule has 0 atom stereocenters. The van der Waals surface area contributed by atoms with Crippen LogP contribution in [0.5, 0.6) is 0 Å². The fourth-order valence-corrected chi connectivity index (χ4v) is 2.78. The van der Waals surface area contributed by atoms with Gasteiger partial charge in [0.05, 0.1) is 0 Å². The molecule has 4 aromatic rings. The SMILES string of the molecule is Cc1c[nH]c2ccc(Cc3cccn4ccnc34)cc12. The lowest BCUT2D eigenvalue weighted by Crippen LogP contribution is -1.93. The van der Waals surface area contributed by atoms with Gasteiger partial charge in [0, 0.05) is 42.1 Å². The second-order valence-electron chi connectivity index (χ2n) is 5.22. The summed E-state index contributed by atoms with van der Waals surface area (Å²) in [6.07, 6.45) is 8.83. The van der Waals surface area contributed by atoms with E-state index in [1.807, 2.05) is 18.6 Å². The molecule has 0 aliphatic heterocycles. The minimum absolute atomic E-state index is 0.905. The predicted octanol–water partition coefficient (Wildman–Crippen LogP) is 3.71. The summed E-state index contributed by atoms with van der Waals surface area (Å²) in [5, 5.41) is 1.30. The lowest BCUT2D eigenvalue weighted by Gasteiger charge is -2.05. The van der Waals surface area contributed by atoms with Crippen LogP contribution in [0, 0.1) is 6.92 Å². The van der Waals surface area contributed by atoms with Crippen molar-refractivity contribution < 1.29 is 0 Å². The first-order chi connectivity index (χ1) is 9.81. The summed E-state index contributed by atoms with van der Waals surface area (Å²) in [6.45, 7) is 2.14. The van der Waals surface area contributed by atoms with Crippen LogP contribution in [0.1, 0.15) is 16.7 Å². The van der Waals surface area contributed by atoms with Crippen LogP contribution in [0.2, 0.25) is 0 Å². The average molecular weight is 261 g/mol. The molecular weight excluding hydrogens is 246 g/mol. The summed E-state index contributed by atoms with van der Waals surface area (Å²) >= 11 is 0. The molecule has 1 N–H and O–H groups in total. The molecule has 3 heteroatoms. The average Bonchev–Trinajstić information content (AvgIpc) is 3.07. The Morgan fingerprint density at radius 1 is 1.20 bits per heavy atom. The van der Waals surface area contributed by atoms with E-state index in [2.05, 4.69) is 57.8 Å². The maximum absolute atomic E-state index is 4.44. The summed E-state index contributed by atoms with van der Waals surface area (Å²) in [7, 11) is 0. The molecule has 0 aliphatic rings. The number of pyridine rings is 1. The zero-order valence-electron chi connectivity index (χ0n) is 11.3. The molecule has 0 spiro atoms. The van der Waals surface area contributed by atoms with E-state index in [0.717, 1.165) is 12.1 Å². The number of aromatic amines is 1. The number of hydrogen-bond donors (Lipinski definition) is 1. The summed E-state index contributed by atoms with van der Waals surface area (Å²) in [4.78, 5) is 7.73. The lowest BCUT2D eigenvalue weighted by atomic mass is 10.0. The molecule has 0 amide bonds. The van der Waals surface area contributed by atoms with Gasteiger partial charge < -0.3 is 9.38 Å². The summed E-state index contributed by atoms with van der Waals surface area (Å²) in [6, 6.07) is 10.8. The Hall–Kier alpha value is -2.55. The molecule has 0 bridgehead atoms. The van der Waals surface area contributed by atoms with Gasteiger partial charge in [0.15, 0.2) is 0 Å². The molecule has 98 valence electrons. The first-order valence-electron chi connectivity index (χ1n) is 6.78. The fraction of sp³-hybridized carbons (Fsp3) is 0.118. The molecule has 3 heterocycles. The summed E-state index contributed by atoms with van der Waals surface area (Å²) in [5.74, 6) is 0. The van der Waals surface area contributed by atoms with Crippen molar-refractivity contribution in [1.29, 1.82) is 0 Å². The Kier molecular flexibility index (Phi) is 2.39. The van der Waals surface area contributed by atoms with Crippen LogP contribution < -0.4 is 0 Å². The highest BCUT2D eigenvalue weighted by atomic mass is 15.0. The highest BCUT2D eigenvalue weighted by Crippen LogP contribution is 2.21. The smallest absolute Gasteiger partial charge is 0.140 e. The van der Waals surface area contributed by atoms with E-state index in [0.29, 0.717) is 0 Å². The van der Waals surface area contributed by atoms with Crippen LogP contribution in [0.4, 0.5) is 0 Å². The third kappa shape index (κ3) is 1.71. The standard InChI is InChI=1S/C17H15N3/c1-12-11-19-16-5-4-13(10-15(12)16)9-14-3-2-7-20-8-6-18-17(14)20/h2-8,10-11,19H,9H2,1H3. The maximum atomic E-state index is 4.44. The molecule has 0 saturated heterocycles. The number of hydrogen-bond acceptors (Lipinski definition) is 1. The zero-order chi connectivity index (χ0) is 13.5. The van der Waals surface area contributed by atoms with Crippen LogP contribution in [-0.4, -0.2) is 14.4 Å². The van der Waals surface area contributed by atoms with Gasteiger partial charge in [-0.25, -0.2) is 4.98 Å². The van der Waals surface area contributed by atoms with Crippen LogP contribution in [0.25, 0.3) is 16.6 Å². The van der Waals surface area contributed by atoms with Gasteiger partial charge in [0.2, 0.25) is 0 Å². The van der Waals surface area contributed by atoms with Gasteiger partial charge >= 0.3 is 0 Å². The van der Waals surface area contributed by atoms with Crippen molar-refractivity contribution >= 4 is 16.6 Å². The van der Waals surface area contributed by atoms with Gasteiger partial charge in [-0.1, -0.05) is 12.1 Å². The summed E-state index contributed by atoms with van der Waals surface area (Å²) < 4.78 is 2.06. The molecule has 4 rings (SSSR count). The van der Waals surface area contributed by atoms with Crippen molar-refractivity contribution in [3.8, 4) is 0 Å². The van der Waals surface area contributed by atoms with Crippen LogP contribution in [0.15, 0.2) is 55.1 Å². The lowest BCUT2D eigenvalue weighted by molar-refractivity contribution is 1.11. The van der Waals surface area contributed by atoms with Crippen LogP contribution >= 0.6 is 0 Å². The Balaban J connectivity index is 1.80. The summed E-state index contributed by atoms with van der Waals surface area (Å²) in [5.41, 5.74) is 6.10. The second-order valence-corrected chi connectivity index (χ2v) is 5.22. The fourth-order valence-electron chi connectivity index (χ4n) is 2.78. The number of rotatable bonds is 2. The molecule has 1 aromatic carbocycles. The van der Waals surface area contributed by atoms with Gasteiger partial charge in [0.1, 0.15) is 5.65 Å². The van der Waals surface area contributed by atoms with Gasteiger partial charge in [-0.2, -0.15) is 0 Å². The predicted molar refractivity (Wildman–Crippen MR) is 81.0 cm³/mol. The van der Waals surface area contributed by atoms with Crippen molar-refractivity contribution in [2.75, 3.05) is 0 Å².